The summed E-state index contributed by atoms with van der Waals surface area (Å²) >= 11 is 0. The molecular weight excluding hydrogens is 271 g/mol. The molecule has 0 aliphatic carbocycles. The highest BCUT2D eigenvalue weighted by Crippen LogP contribution is 2.43. The van der Waals surface area contributed by atoms with E-state index in [0.29, 0.717) is 5.69 Å². The van der Waals surface area contributed by atoms with Crippen LogP contribution < -0.4 is 5.32 Å². The highest BCUT2D eigenvalue weighted by atomic mass is 32.2. The van der Waals surface area contributed by atoms with Crippen molar-refractivity contribution in [3.05, 3.63) is 24.5 Å². The minimum Gasteiger partial charge on any atom is -0.382 e. The Morgan fingerprint density at radius 1 is 1.47 bits per heavy atom. The van der Waals surface area contributed by atoms with E-state index in [1.54, 1.807) is 6.07 Å². The molecule has 0 aliphatic rings. The quantitative estimate of drug-likeness (QED) is 0.433. The summed E-state index contributed by atoms with van der Waals surface area (Å²) in [6, 6.07) is 3.09. The Balaban J connectivity index is 2.80. The molecule has 1 atom stereocenters. The third-order valence-electron chi connectivity index (χ3n) is 1.86. The molecule has 0 aliphatic heterocycles. The molecule has 0 aromatic carbocycles. The van der Waals surface area contributed by atoms with Gasteiger partial charge in [0.2, 0.25) is 4.99 Å². The Morgan fingerprint density at radius 2 is 2.12 bits per heavy atom. The fourth-order valence-corrected chi connectivity index (χ4v) is 3.08. The summed E-state index contributed by atoms with van der Waals surface area (Å²) in [5.41, 5.74) is 0.384. The average molecular weight is 282 g/mol. The van der Waals surface area contributed by atoms with Crippen molar-refractivity contribution in [2.45, 2.75) is 4.99 Å². The molecule has 0 saturated heterocycles. The number of pyridine rings is 1. The average Bonchev–Trinajstić information content (AvgIpc) is 2.15. The van der Waals surface area contributed by atoms with Crippen LogP contribution in [0.3, 0.4) is 0 Å². The summed E-state index contributed by atoms with van der Waals surface area (Å²) in [4.78, 5) is 19.1. The van der Waals surface area contributed by atoms with Crippen LogP contribution >= 0.6 is 7.60 Å². The Labute approximate surface area is 97.6 Å². The van der Waals surface area contributed by atoms with Crippen molar-refractivity contribution in [2.24, 2.45) is 0 Å². The fraction of sp³-hybridized carbons (Fsp3) is 0.286. The van der Waals surface area contributed by atoms with Crippen LogP contribution in [0.4, 0.5) is 5.69 Å². The summed E-state index contributed by atoms with van der Waals surface area (Å²) in [6.45, 7) is -0.616. The molecule has 8 nitrogen and oxygen atoms in total. The number of nitrogens with zero attached hydrogens (tertiary/aromatic N) is 1. The maximum atomic E-state index is 10.9. The van der Waals surface area contributed by atoms with Gasteiger partial charge in [-0.25, -0.2) is 0 Å². The first-order valence-electron chi connectivity index (χ1n) is 4.36. The van der Waals surface area contributed by atoms with E-state index in [9.17, 15) is 13.0 Å². The maximum Gasteiger partial charge on any atom is 0.347 e. The monoisotopic (exact) mass is 282 g/mol. The number of hydrogen-bond acceptors (Lipinski definition) is 5. The number of nitrogens with one attached hydrogen (secondary N) is 1. The van der Waals surface area contributed by atoms with Crippen molar-refractivity contribution < 1.29 is 27.3 Å². The second kappa shape index (κ2) is 5.11. The van der Waals surface area contributed by atoms with Crippen molar-refractivity contribution in [1.82, 2.24) is 4.98 Å². The summed E-state index contributed by atoms with van der Waals surface area (Å²) in [6.07, 6.45) is 2.83. The minimum absolute atomic E-state index is 0.384. The van der Waals surface area contributed by atoms with E-state index in [1.807, 2.05) is 0 Å². The lowest BCUT2D eigenvalue weighted by Crippen LogP contribution is -2.28. The van der Waals surface area contributed by atoms with Gasteiger partial charge in [-0.1, -0.05) is 0 Å². The van der Waals surface area contributed by atoms with Crippen molar-refractivity contribution in [2.75, 3.05) is 11.9 Å². The van der Waals surface area contributed by atoms with Gasteiger partial charge in [-0.2, -0.15) is 8.42 Å². The third kappa shape index (κ3) is 4.41. The minimum atomic E-state index is -4.96. The van der Waals surface area contributed by atoms with E-state index in [0.717, 1.165) is 0 Å². The van der Waals surface area contributed by atoms with Crippen LogP contribution in [-0.2, 0) is 14.7 Å². The van der Waals surface area contributed by atoms with Gasteiger partial charge in [-0.05, 0) is 12.1 Å². The fourth-order valence-electron chi connectivity index (χ4n) is 1.07. The molecular formula is C7H11N2O6PS. The SMILES string of the molecule is O=P(O)(O)C(CNc1cccnc1)S(=O)(=O)O. The van der Waals surface area contributed by atoms with Crippen LogP contribution in [0.25, 0.3) is 0 Å². The summed E-state index contributed by atoms with van der Waals surface area (Å²) in [7, 11) is -9.79. The van der Waals surface area contributed by atoms with E-state index >= 15 is 0 Å². The Bertz CT molecular complexity index is 512. The molecule has 1 aromatic heterocycles. The van der Waals surface area contributed by atoms with Crippen molar-refractivity contribution in [3.8, 4) is 0 Å². The van der Waals surface area contributed by atoms with Crippen LogP contribution in [0, 0.1) is 0 Å². The number of hydrogen-bond donors (Lipinski definition) is 4. The molecule has 0 saturated carbocycles. The molecule has 1 aromatic rings. The van der Waals surface area contributed by atoms with Gasteiger partial charge in [-0.3, -0.25) is 14.1 Å². The summed E-state index contributed by atoms with van der Waals surface area (Å²) in [5, 5.41) is 2.46. The van der Waals surface area contributed by atoms with Crippen molar-refractivity contribution in [3.63, 3.8) is 0 Å². The van der Waals surface area contributed by atoms with Gasteiger partial charge in [0.1, 0.15) is 0 Å². The normalized spacial score (nSPS) is 14.3. The Morgan fingerprint density at radius 3 is 2.53 bits per heavy atom. The van der Waals surface area contributed by atoms with Gasteiger partial charge in [0, 0.05) is 18.9 Å². The summed E-state index contributed by atoms with van der Waals surface area (Å²) in [5.74, 6) is 0. The lowest BCUT2D eigenvalue weighted by Gasteiger charge is -2.16. The molecule has 17 heavy (non-hydrogen) atoms. The van der Waals surface area contributed by atoms with Gasteiger partial charge in [0.15, 0.2) is 0 Å². The molecule has 1 heterocycles. The molecule has 4 N–H and O–H groups in total. The smallest absolute Gasteiger partial charge is 0.347 e. The lowest BCUT2D eigenvalue weighted by molar-refractivity contribution is 0.365. The van der Waals surface area contributed by atoms with E-state index in [2.05, 4.69) is 10.3 Å². The molecule has 96 valence electrons. The zero-order valence-electron chi connectivity index (χ0n) is 8.46. The van der Waals surface area contributed by atoms with Crippen LogP contribution in [0.15, 0.2) is 24.5 Å². The second-order valence-electron chi connectivity index (χ2n) is 3.18. The molecule has 1 rings (SSSR count). The Kier molecular flexibility index (Phi) is 4.23. The first kappa shape index (κ1) is 14.1. The van der Waals surface area contributed by atoms with Crippen molar-refractivity contribution >= 4 is 23.4 Å². The third-order valence-corrected chi connectivity index (χ3v) is 5.27. The van der Waals surface area contributed by atoms with Crippen molar-refractivity contribution in [1.29, 1.82) is 0 Å². The van der Waals surface area contributed by atoms with E-state index in [4.69, 9.17) is 14.3 Å². The predicted octanol–water partition coefficient (Wildman–Crippen LogP) is -0.115. The standard InChI is InChI=1S/C7H11N2O6PS/c10-16(11,12)7(17(13,14)15)5-9-6-2-1-3-8-4-6/h1-4,7,9H,5H2,(H2,10,11,12)(H,13,14,15). The van der Waals surface area contributed by atoms with E-state index in [-0.39, 0.29) is 0 Å². The zero-order valence-corrected chi connectivity index (χ0v) is 10.2. The van der Waals surface area contributed by atoms with Gasteiger partial charge in [0.05, 0.1) is 5.69 Å². The van der Waals surface area contributed by atoms with Crippen LogP contribution in [0.1, 0.15) is 0 Å². The zero-order chi connectivity index (χ0) is 13.1. The summed E-state index contributed by atoms with van der Waals surface area (Å²) < 4.78 is 41.2. The number of anilines is 1. The second-order valence-corrected chi connectivity index (χ2v) is 6.93. The topological polar surface area (TPSA) is 137 Å². The molecule has 0 amide bonds. The van der Waals surface area contributed by atoms with Gasteiger partial charge in [0.25, 0.3) is 10.1 Å². The molecule has 0 radical (unpaired) electrons. The van der Waals surface area contributed by atoms with Gasteiger partial charge in [-0.15, -0.1) is 0 Å². The first-order valence-corrected chi connectivity index (χ1v) is 7.55. The largest absolute Gasteiger partial charge is 0.382 e. The van der Waals surface area contributed by atoms with Gasteiger partial charge >= 0.3 is 7.60 Å². The predicted molar refractivity (Wildman–Crippen MR) is 60.1 cm³/mol. The molecule has 0 bridgehead atoms. The number of rotatable bonds is 5. The number of aromatic nitrogens is 1. The molecule has 10 heteroatoms. The van der Waals surface area contributed by atoms with Crippen LogP contribution in [-0.4, -0.2) is 39.3 Å². The highest BCUT2D eigenvalue weighted by Gasteiger charge is 2.39. The molecule has 0 spiro atoms. The van der Waals surface area contributed by atoms with E-state index < -0.39 is 29.2 Å². The van der Waals surface area contributed by atoms with Crippen LogP contribution in [0.2, 0.25) is 0 Å². The Hall–Kier alpha value is -0.990. The molecule has 1 unspecified atom stereocenters. The maximum absolute atomic E-state index is 10.9. The van der Waals surface area contributed by atoms with Gasteiger partial charge < -0.3 is 15.1 Å². The molecule has 0 fully saturated rings. The highest BCUT2D eigenvalue weighted by molar-refractivity contribution is 7.93. The van der Waals surface area contributed by atoms with E-state index in [1.165, 1.54) is 18.5 Å². The first-order chi connectivity index (χ1) is 7.71. The lowest BCUT2D eigenvalue weighted by atomic mass is 10.4. The van der Waals surface area contributed by atoms with Crippen LogP contribution in [0.5, 0.6) is 0 Å².